The number of halogens is 1. The van der Waals surface area contributed by atoms with E-state index in [1.54, 1.807) is 32.6 Å². The van der Waals surface area contributed by atoms with Crippen LogP contribution in [0.15, 0.2) is 18.7 Å². The summed E-state index contributed by atoms with van der Waals surface area (Å²) in [5.41, 5.74) is 2.01. The Morgan fingerprint density at radius 3 is 2.86 bits per heavy atom. The van der Waals surface area contributed by atoms with E-state index in [0.29, 0.717) is 22.2 Å². The second kappa shape index (κ2) is 4.26. The van der Waals surface area contributed by atoms with Gasteiger partial charge in [0, 0.05) is 19.8 Å². The van der Waals surface area contributed by atoms with Crippen LogP contribution in [0.4, 0.5) is 0 Å². The maximum Gasteiger partial charge on any atom is 0.204 e. The van der Waals surface area contributed by atoms with Crippen LogP contribution in [0, 0.1) is 0 Å². The van der Waals surface area contributed by atoms with E-state index in [1.807, 2.05) is 14.0 Å². The topological polar surface area (TPSA) is 78.7 Å². The highest BCUT2D eigenvalue weighted by molar-refractivity contribution is 6.32. The molecule has 9 heteroatoms. The molecule has 0 atom stereocenters. The summed E-state index contributed by atoms with van der Waals surface area (Å²) >= 11 is 6.20. The van der Waals surface area contributed by atoms with Crippen LogP contribution in [0.1, 0.15) is 6.92 Å². The molecule has 0 aliphatic heterocycles. The third kappa shape index (κ3) is 1.72. The van der Waals surface area contributed by atoms with Gasteiger partial charge in [0.1, 0.15) is 6.33 Å². The van der Waals surface area contributed by atoms with Gasteiger partial charge in [-0.25, -0.2) is 14.5 Å². The number of aryl methyl sites for hydroxylation is 2. The minimum atomic E-state index is 0.477. The van der Waals surface area contributed by atoms with Crippen molar-refractivity contribution < 1.29 is 0 Å². The van der Waals surface area contributed by atoms with Crippen molar-refractivity contribution in [2.75, 3.05) is 0 Å². The van der Waals surface area contributed by atoms with E-state index in [2.05, 4.69) is 25.3 Å². The predicted molar refractivity (Wildman–Crippen MR) is 77.0 cm³/mol. The summed E-state index contributed by atoms with van der Waals surface area (Å²) in [6.07, 6.45) is 5.10. The van der Waals surface area contributed by atoms with Crippen LogP contribution in [0.25, 0.3) is 28.2 Å². The Labute approximate surface area is 124 Å². The first-order valence-electron chi connectivity index (χ1n) is 6.43. The van der Waals surface area contributed by atoms with E-state index in [4.69, 9.17) is 11.6 Å². The summed E-state index contributed by atoms with van der Waals surface area (Å²) in [6, 6.07) is 0. The average Bonchev–Trinajstić information content (AvgIpc) is 3.15. The molecule has 0 unspecified atom stereocenters. The molecule has 4 rings (SSSR count). The highest BCUT2D eigenvalue weighted by Crippen LogP contribution is 2.25. The smallest absolute Gasteiger partial charge is 0.204 e. The summed E-state index contributed by atoms with van der Waals surface area (Å²) in [5.74, 6) is 0.477. The van der Waals surface area contributed by atoms with E-state index in [9.17, 15) is 0 Å². The minimum absolute atomic E-state index is 0.477. The lowest BCUT2D eigenvalue weighted by Gasteiger charge is -1.93. The third-order valence-electron chi connectivity index (χ3n) is 3.32. The Morgan fingerprint density at radius 1 is 1.24 bits per heavy atom. The summed E-state index contributed by atoms with van der Waals surface area (Å²) < 4.78 is 5.06. The van der Waals surface area contributed by atoms with Gasteiger partial charge in [0.25, 0.3) is 0 Å². The zero-order chi connectivity index (χ0) is 14.6. The standard InChI is InChI=1S/C12H11ClN8/c1-3-20-5-8(13)9(17-20)10-16-12-7-4-15-19(2)11(7)14-6-21(12)18-10/h4-6H,3H2,1-2H3. The van der Waals surface area contributed by atoms with Crippen molar-refractivity contribution in [1.29, 1.82) is 0 Å². The van der Waals surface area contributed by atoms with Gasteiger partial charge in [0.15, 0.2) is 17.0 Å². The van der Waals surface area contributed by atoms with E-state index in [0.717, 1.165) is 17.6 Å². The lowest BCUT2D eigenvalue weighted by atomic mass is 10.4. The highest BCUT2D eigenvalue weighted by Gasteiger charge is 2.17. The van der Waals surface area contributed by atoms with Crippen LogP contribution in [-0.4, -0.2) is 39.1 Å². The Morgan fingerprint density at radius 2 is 2.10 bits per heavy atom. The molecule has 0 fully saturated rings. The quantitative estimate of drug-likeness (QED) is 0.561. The molecule has 4 heterocycles. The van der Waals surface area contributed by atoms with Crippen LogP contribution in [0.3, 0.4) is 0 Å². The molecule has 0 aliphatic rings. The largest absolute Gasteiger partial charge is 0.271 e. The molecule has 0 saturated carbocycles. The van der Waals surface area contributed by atoms with Gasteiger partial charge in [0.2, 0.25) is 5.82 Å². The zero-order valence-electron chi connectivity index (χ0n) is 11.4. The third-order valence-corrected chi connectivity index (χ3v) is 3.60. The van der Waals surface area contributed by atoms with Crippen LogP contribution < -0.4 is 0 Å². The molecular weight excluding hydrogens is 292 g/mol. The van der Waals surface area contributed by atoms with Gasteiger partial charge in [-0.15, -0.1) is 5.10 Å². The van der Waals surface area contributed by atoms with Crippen molar-refractivity contribution in [3.05, 3.63) is 23.7 Å². The van der Waals surface area contributed by atoms with Gasteiger partial charge in [-0.05, 0) is 6.92 Å². The van der Waals surface area contributed by atoms with Crippen molar-refractivity contribution in [1.82, 2.24) is 39.1 Å². The maximum absolute atomic E-state index is 6.20. The fourth-order valence-corrected chi connectivity index (χ4v) is 2.48. The molecule has 0 aliphatic carbocycles. The minimum Gasteiger partial charge on any atom is -0.271 e. The lowest BCUT2D eigenvalue weighted by Crippen LogP contribution is -1.95. The van der Waals surface area contributed by atoms with Crippen molar-refractivity contribution in [3.63, 3.8) is 0 Å². The van der Waals surface area contributed by atoms with Crippen molar-refractivity contribution in [3.8, 4) is 11.5 Å². The number of aromatic nitrogens is 8. The molecule has 106 valence electrons. The first-order valence-corrected chi connectivity index (χ1v) is 6.81. The molecule has 0 bridgehead atoms. The molecule has 0 aromatic carbocycles. The first-order chi connectivity index (χ1) is 10.2. The summed E-state index contributed by atoms with van der Waals surface area (Å²) in [5, 5.41) is 14.3. The Bertz CT molecular complexity index is 963. The normalized spacial score (nSPS) is 11.8. The maximum atomic E-state index is 6.20. The predicted octanol–water partition coefficient (Wildman–Crippen LogP) is 1.55. The van der Waals surface area contributed by atoms with E-state index < -0.39 is 0 Å². The lowest BCUT2D eigenvalue weighted by molar-refractivity contribution is 0.661. The Balaban J connectivity index is 1.97. The molecule has 8 nitrogen and oxygen atoms in total. The molecule has 4 aromatic rings. The van der Waals surface area contributed by atoms with Crippen LogP contribution in [0.5, 0.6) is 0 Å². The molecule has 0 spiro atoms. The van der Waals surface area contributed by atoms with Gasteiger partial charge in [0.05, 0.1) is 16.6 Å². The number of hydrogen-bond donors (Lipinski definition) is 0. The Kier molecular flexibility index (Phi) is 2.49. The van der Waals surface area contributed by atoms with Gasteiger partial charge >= 0.3 is 0 Å². The molecule has 0 radical (unpaired) electrons. The SMILES string of the molecule is CCn1cc(Cl)c(-c2nc3c4cnn(C)c4ncn3n2)n1. The highest BCUT2D eigenvalue weighted by atomic mass is 35.5. The number of nitrogens with zero attached hydrogens (tertiary/aromatic N) is 8. The van der Waals surface area contributed by atoms with Gasteiger partial charge in [-0.3, -0.25) is 9.36 Å². The van der Waals surface area contributed by atoms with Crippen LogP contribution in [0.2, 0.25) is 5.02 Å². The van der Waals surface area contributed by atoms with E-state index in [1.165, 1.54) is 0 Å². The number of fused-ring (bicyclic) bond motifs is 3. The second-order valence-corrected chi connectivity index (χ2v) is 5.04. The fourth-order valence-electron chi connectivity index (χ4n) is 2.25. The van der Waals surface area contributed by atoms with Crippen molar-refractivity contribution in [2.45, 2.75) is 13.5 Å². The monoisotopic (exact) mass is 302 g/mol. The number of hydrogen-bond acceptors (Lipinski definition) is 5. The molecule has 0 saturated heterocycles. The van der Waals surface area contributed by atoms with Gasteiger partial charge in [-0.2, -0.15) is 10.2 Å². The zero-order valence-corrected chi connectivity index (χ0v) is 12.2. The second-order valence-electron chi connectivity index (χ2n) is 4.63. The van der Waals surface area contributed by atoms with Gasteiger partial charge < -0.3 is 0 Å². The van der Waals surface area contributed by atoms with Crippen LogP contribution >= 0.6 is 11.6 Å². The fraction of sp³-hybridized carbons (Fsp3) is 0.250. The van der Waals surface area contributed by atoms with Crippen LogP contribution in [-0.2, 0) is 13.6 Å². The molecule has 4 aromatic heterocycles. The molecule has 0 N–H and O–H groups in total. The molecule has 0 amide bonds. The van der Waals surface area contributed by atoms with E-state index in [-0.39, 0.29) is 0 Å². The number of rotatable bonds is 2. The summed E-state index contributed by atoms with van der Waals surface area (Å²) in [7, 11) is 1.84. The van der Waals surface area contributed by atoms with Crippen molar-refractivity contribution in [2.24, 2.45) is 7.05 Å². The molecule has 21 heavy (non-hydrogen) atoms. The molecular formula is C12H11ClN8. The van der Waals surface area contributed by atoms with E-state index >= 15 is 0 Å². The summed E-state index contributed by atoms with van der Waals surface area (Å²) in [4.78, 5) is 8.85. The first kappa shape index (κ1) is 12.3. The van der Waals surface area contributed by atoms with Gasteiger partial charge in [-0.1, -0.05) is 11.6 Å². The van der Waals surface area contributed by atoms with Crippen molar-refractivity contribution >= 4 is 28.3 Å². The Hall–Kier alpha value is -2.48. The average molecular weight is 303 g/mol. The summed E-state index contributed by atoms with van der Waals surface area (Å²) in [6.45, 7) is 2.73.